The van der Waals surface area contributed by atoms with Crippen molar-refractivity contribution in [2.75, 3.05) is 17.6 Å². The summed E-state index contributed by atoms with van der Waals surface area (Å²) < 4.78 is 3.94. The number of nitriles is 1. The first kappa shape index (κ1) is 10.9. The van der Waals surface area contributed by atoms with Crippen molar-refractivity contribution in [2.45, 2.75) is 6.42 Å². The molecule has 0 aliphatic rings. The average Bonchev–Trinajstić information content (AvgIpc) is 2.89. The maximum Gasteiger partial charge on any atom is 0.157 e. The van der Waals surface area contributed by atoms with Crippen molar-refractivity contribution < 1.29 is 0 Å². The minimum atomic E-state index is 0.311. The summed E-state index contributed by atoms with van der Waals surface area (Å²) in [6.07, 6.45) is 0.937. The zero-order valence-electron chi connectivity index (χ0n) is 8.43. The number of aromatic nitrogens is 1. The molecular weight excluding hydrogens is 240 g/mol. The van der Waals surface area contributed by atoms with Crippen LogP contribution < -0.4 is 11.1 Å². The van der Waals surface area contributed by atoms with E-state index in [0.29, 0.717) is 11.4 Å². The smallest absolute Gasteiger partial charge is 0.157 e. The van der Waals surface area contributed by atoms with E-state index in [0.717, 1.165) is 18.0 Å². The second-order valence-electron chi connectivity index (χ2n) is 3.19. The van der Waals surface area contributed by atoms with Gasteiger partial charge >= 0.3 is 0 Å². The van der Waals surface area contributed by atoms with Gasteiger partial charge in [-0.25, -0.2) is 0 Å². The highest BCUT2D eigenvalue weighted by atomic mass is 32.1. The SMILES string of the molecule is N#Cc1c(N)nsc1NCCc1ccsc1. The molecule has 16 heavy (non-hydrogen) atoms. The van der Waals surface area contributed by atoms with Crippen molar-refractivity contribution in [3.8, 4) is 6.07 Å². The average molecular weight is 250 g/mol. The largest absolute Gasteiger partial charge is 0.382 e. The summed E-state index contributed by atoms with van der Waals surface area (Å²) in [4.78, 5) is 0. The van der Waals surface area contributed by atoms with Crippen LogP contribution in [0.2, 0.25) is 0 Å². The standard InChI is InChI=1S/C10H10N4S2/c11-5-8-9(12)14-16-10(8)13-3-1-7-2-4-15-6-7/h2,4,6,13H,1,3H2,(H2,12,14). The van der Waals surface area contributed by atoms with Gasteiger partial charge in [0.1, 0.15) is 16.6 Å². The fraction of sp³-hybridized carbons (Fsp3) is 0.200. The van der Waals surface area contributed by atoms with Crippen LogP contribution >= 0.6 is 22.9 Å². The minimum absolute atomic E-state index is 0.311. The molecule has 0 aliphatic carbocycles. The fourth-order valence-electron chi connectivity index (χ4n) is 1.29. The Morgan fingerprint density at radius 2 is 2.44 bits per heavy atom. The maximum absolute atomic E-state index is 8.87. The Balaban J connectivity index is 1.93. The molecule has 2 aromatic rings. The first-order valence-electron chi connectivity index (χ1n) is 4.71. The Labute approximate surface area is 102 Å². The van der Waals surface area contributed by atoms with E-state index in [9.17, 15) is 0 Å². The molecule has 3 N–H and O–H groups in total. The fourth-order valence-corrected chi connectivity index (χ4v) is 2.68. The molecule has 0 aromatic carbocycles. The van der Waals surface area contributed by atoms with E-state index < -0.39 is 0 Å². The molecule has 0 bridgehead atoms. The highest BCUT2D eigenvalue weighted by Gasteiger charge is 2.09. The van der Waals surface area contributed by atoms with Gasteiger partial charge in [0.2, 0.25) is 0 Å². The van der Waals surface area contributed by atoms with E-state index >= 15 is 0 Å². The zero-order valence-corrected chi connectivity index (χ0v) is 10.1. The van der Waals surface area contributed by atoms with Crippen LogP contribution in [-0.2, 0) is 6.42 Å². The molecule has 82 valence electrons. The van der Waals surface area contributed by atoms with Crippen LogP contribution in [0.3, 0.4) is 0 Å². The van der Waals surface area contributed by atoms with Gasteiger partial charge in [-0.1, -0.05) is 0 Å². The maximum atomic E-state index is 8.87. The summed E-state index contributed by atoms with van der Waals surface area (Å²) in [7, 11) is 0. The van der Waals surface area contributed by atoms with Gasteiger partial charge in [-0.2, -0.15) is 21.0 Å². The number of nitrogens with zero attached hydrogens (tertiary/aromatic N) is 2. The second kappa shape index (κ2) is 4.96. The molecule has 2 aromatic heterocycles. The highest BCUT2D eigenvalue weighted by Crippen LogP contribution is 2.25. The Hall–Kier alpha value is -1.58. The Morgan fingerprint density at radius 1 is 1.56 bits per heavy atom. The third kappa shape index (κ3) is 2.32. The van der Waals surface area contributed by atoms with Crippen molar-refractivity contribution in [3.05, 3.63) is 28.0 Å². The number of nitrogen functional groups attached to an aromatic ring is 1. The van der Waals surface area contributed by atoms with Crippen LogP contribution in [0.1, 0.15) is 11.1 Å². The van der Waals surface area contributed by atoms with Gasteiger partial charge < -0.3 is 11.1 Å². The van der Waals surface area contributed by atoms with E-state index in [1.54, 1.807) is 11.3 Å². The first-order chi connectivity index (χ1) is 7.81. The van der Waals surface area contributed by atoms with E-state index in [1.165, 1.54) is 17.1 Å². The molecule has 0 atom stereocenters. The highest BCUT2D eigenvalue weighted by molar-refractivity contribution is 7.10. The molecule has 0 amide bonds. The number of thiophene rings is 1. The van der Waals surface area contributed by atoms with Crippen molar-refractivity contribution in [1.82, 2.24) is 4.37 Å². The van der Waals surface area contributed by atoms with Gasteiger partial charge in [0.25, 0.3) is 0 Å². The summed E-state index contributed by atoms with van der Waals surface area (Å²) in [5, 5.41) is 17.0. The number of nitrogens with two attached hydrogens (primary N) is 1. The third-order valence-electron chi connectivity index (χ3n) is 2.11. The molecule has 0 saturated carbocycles. The van der Waals surface area contributed by atoms with E-state index in [1.807, 2.05) is 6.07 Å². The topological polar surface area (TPSA) is 74.7 Å². The van der Waals surface area contributed by atoms with E-state index in [2.05, 4.69) is 26.5 Å². The monoisotopic (exact) mass is 250 g/mol. The van der Waals surface area contributed by atoms with Gasteiger partial charge in [0, 0.05) is 6.54 Å². The lowest BCUT2D eigenvalue weighted by molar-refractivity contribution is 1.03. The normalized spacial score (nSPS) is 9.94. The number of hydrogen-bond donors (Lipinski definition) is 2. The van der Waals surface area contributed by atoms with Gasteiger partial charge in [-0.3, -0.25) is 0 Å². The predicted octanol–water partition coefficient (Wildman–Crippen LogP) is 2.31. The van der Waals surface area contributed by atoms with Crippen LogP contribution in [-0.4, -0.2) is 10.9 Å². The molecule has 2 heterocycles. The number of anilines is 2. The minimum Gasteiger partial charge on any atom is -0.382 e. The summed E-state index contributed by atoms with van der Waals surface area (Å²) >= 11 is 2.92. The molecular formula is C10H10N4S2. The van der Waals surface area contributed by atoms with Crippen molar-refractivity contribution in [2.24, 2.45) is 0 Å². The van der Waals surface area contributed by atoms with Crippen molar-refractivity contribution >= 4 is 33.7 Å². The van der Waals surface area contributed by atoms with Gasteiger partial charge in [0.05, 0.1) is 0 Å². The lowest BCUT2D eigenvalue weighted by atomic mass is 10.2. The number of rotatable bonds is 4. The summed E-state index contributed by atoms with van der Waals surface area (Å²) in [5.41, 5.74) is 7.31. The zero-order chi connectivity index (χ0) is 11.4. The second-order valence-corrected chi connectivity index (χ2v) is 4.75. The van der Waals surface area contributed by atoms with Gasteiger partial charge in [0.15, 0.2) is 5.82 Å². The molecule has 0 fully saturated rings. The molecule has 0 aliphatic heterocycles. The van der Waals surface area contributed by atoms with Crippen LogP contribution in [0.5, 0.6) is 0 Å². The van der Waals surface area contributed by atoms with E-state index in [4.69, 9.17) is 11.0 Å². The van der Waals surface area contributed by atoms with E-state index in [-0.39, 0.29) is 0 Å². The van der Waals surface area contributed by atoms with Gasteiger partial charge in [-0.05, 0) is 40.3 Å². The number of nitrogens with one attached hydrogen (secondary N) is 1. The summed E-state index contributed by atoms with van der Waals surface area (Å²) in [6.45, 7) is 0.785. The Morgan fingerprint density at radius 3 is 3.12 bits per heavy atom. The van der Waals surface area contributed by atoms with Crippen LogP contribution in [0.25, 0.3) is 0 Å². The quantitative estimate of drug-likeness (QED) is 0.873. The first-order valence-corrected chi connectivity index (χ1v) is 6.43. The molecule has 0 unspecified atom stereocenters. The van der Waals surface area contributed by atoms with Crippen LogP contribution in [0.15, 0.2) is 16.8 Å². The van der Waals surface area contributed by atoms with Crippen molar-refractivity contribution in [1.29, 1.82) is 5.26 Å². The Bertz CT molecular complexity index is 495. The van der Waals surface area contributed by atoms with Crippen LogP contribution in [0, 0.1) is 11.3 Å². The van der Waals surface area contributed by atoms with Gasteiger partial charge in [-0.15, -0.1) is 0 Å². The lowest BCUT2D eigenvalue weighted by Gasteiger charge is -2.01. The Kier molecular flexibility index (Phi) is 3.39. The lowest BCUT2D eigenvalue weighted by Crippen LogP contribution is -2.04. The third-order valence-corrected chi connectivity index (χ3v) is 3.66. The summed E-state index contributed by atoms with van der Waals surface area (Å²) in [6, 6.07) is 4.15. The van der Waals surface area contributed by atoms with Crippen molar-refractivity contribution in [3.63, 3.8) is 0 Å². The molecule has 4 nitrogen and oxygen atoms in total. The van der Waals surface area contributed by atoms with Crippen LogP contribution in [0.4, 0.5) is 10.8 Å². The predicted molar refractivity (Wildman–Crippen MR) is 67.8 cm³/mol. The molecule has 0 radical (unpaired) electrons. The molecule has 0 spiro atoms. The molecule has 2 rings (SSSR count). The summed E-state index contributed by atoms with van der Waals surface area (Å²) in [5.74, 6) is 0.311. The molecule has 6 heteroatoms. The number of hydrogen-bond acceptors (Lipinski definition) is 6. The molecule has 0 saturated heterocycles.